The molecule has 3 nitrogen and oxygen atoms in total. The second-order valence-electron chi connectivity index (χ2n) is 6.75. The summed E-state index contributed by atoms with van der Waals surface area (Å²) in [5, 5.41) is 9.64. The number of rotatable bonds is 3. The van der Waals surface area contributed by atoms with Gasteiger partial charge in [0.2, 0.25) is 0 Å². The van der Waals surface area contributed by atoms with E-state index >= 15 is 0 Å². The number of aromatic hydroxyl groups is 1. The largest absolute Gasteiger partial charge is 0.508 e. The molecule has 0 fully saturated rings. The molecule has 0 aliphatic carbocycles. The SMILES string of the molecule is COc1ccc(C2c3cccc(C)c3OCC2c2ccc(O)cc2)cc1. The minimum absolute atomic E-state index is 0.179. The van der Waals surface area contributed by atoms with E-state index in [1.807, 2.05) is 24.3 Å². The molecule has 26 heavy (non-hydrogen) atoms. The van der Waals surface area contributed by atoms with Crippen molar-refractivity contribution < 1.29 is 14.6 Å². The van der Waals surface area contributed by atoms with E-state index in [0.717, 1.165) is 22.6 Å². The van der Waals surface area contributed by atoms with Crippen LogP contribution in [0.3, 0.4) is 0 Å². The third-order valence-corrected chi connectivity index (χ3v) is 5.18. The van der Waals surface area contributed by atoms with E-state index in [2.05, 4.69) is 37.3 Å². The van der Waals surface area contributed by atoms with Crippen molar-refractivity contribution in [2.45, 2.75) is 18.8 Å². The molecule has 3 aromatic carbocycles. The Morgan fingerprint density at radius 1 is 0.923 bits per heavy atom. The van der Waals surface area contributed by atoms with E-state index in [9.17, 15) is 5.11 Å². The van der Waals surface area contributed by atoms with Crippen molar-refractivity contribution in [3.63, 3.8) is 0 Å². The summed E-state index contributed by atoms with van der Waals surface area (Å²) in [6, 6.07) is 22.1. The average Bonchev–Trinajstić information content (AvgIpc) is 2.68. The Morgan fingerprint density at radius 3 is 2.31 bits per heavy atom. The van der Waals surface area contributed by atoms with Crippen molar-refractivity contribution in [1.82, 2.24) is 0 Å². The van der Waals surface area contributed by atoms with Crippen LogP contribution in [0.15, 0.2) is 66.7 Å². The smallest absolute Gasteiger partial charge is 0.126 e. The summed E-state index contributed by atoms with van der Waals surface area (Å²) in [6.07, 6.45) is 0. The van der Waals surface area contributed by atoms with Gasteiger partial charge < -0.3 is 14.6 Å². The van der Waals surface area contributed by atoms with Gasteiger partial charge in [-0.25, -0.2) is 0 Å². The van der Waals surface area contributed by atoms with Crippen LogP contribution in [-0.4, -0.2) is 18.8 Å². The minimum atomic E-state index is 0.179. The maximum absolute atomic E-state index is 9.64. The van der Waals surface area contributed by atoms with Gasteiger partial charge in [-0.3, -0.25) is 0 Å². The Bertz CT molecular complexity index is 898. The molecule has 1 N–H and O–H groups in total. The van der Waals surface area contributed by atoms with E-state index in [1.54, 1.807) is 19.2 Å². The summed E-state index contributed by atoms with van der Waals surface area (Å²) in [6.45, 7) is 2.70. The van der Waals surface area contributed by atoms with Gasteiger partial charge in [0.1, 0.15) is 17.2 Å². The molecule has 2 atom stereocenters. The van der Waals surface area contributed by atoms with Gasteiger partial charge in [-0.2, -0.15) is 0 Å². The molecular formula is C23H22O3. The first kappa shape index (κ1) is 16.5. The maximum atomic E-state index is 9.64. The van der Waals surface area contributed by atoms with Crippen LogP contribution in [0.5, 0.6) is 17.2 Å². The summed E-state index contributed by atoms with van der Waals surface area (Å²) in [7, 11) is 1.68. The molecule has 0 amide bonds. The summed E-state index contributed by atoms with van der Waals surface area (Å²) in [5.41, 5.74) is 4.76. The first-order valence-corrected chi connectivity index (χ1v) is 8.82. The topological polar surface area (TPSA) is 38.7 Å². The molecule has 3 aromatic rings. The highest BCUT2D eigenvalue weighted by Crippen LogP contribution is 2.47. The number of methoxy groups -OCH3 is 1. The van der Waals surface area contributed by atoms with Crippen molar-refractivity contribution in [3.05, 3.63) is 89.0 Å². The average molecular weight is 346 g/mol. The fourth-order valence-corrected chi connectivity index (χ4v) is 3.84. The first-order chi connectivity index (χ1) is 12.7. The summed E-state index contributed by atoms with van der Waals surface area (Å²) in [5.74, 6) is 2.49. The van der Waals surface area contributed by atoms with Crippen molar-refractivity contribution >= 4 is 0 Å². The molecule has 3 heteroatoms. The molecule has 0 saturated heterocycles. The lowest BCUT2D eigenvalue weighted by Crippen LogP contribution is -2.25. The van der Waals surface area contributed by atoms with E-state index in [4.69, 9.17) is 9.47 Å². The Kier molecular flexibility index (Phi) is 4.29. The van der Waals surface area contributed by atoms with Gasteiger partial charge in [-0.05, 0) is 47.9 Å². The molecule has 0 aromatic heterocycles. The molecule has 0 saturated carbocycles. The highest BCUT2D eigenvalue weighted by atomic mass is 16.5. The van der Waals surface area contributed by atoms with Crippen LogP contribution in [0.1, 0.15) is 34.1 Å². The molecule has 4 rings (SSSR count). The van der Waals surface area contributed by atoms with Gasteiger partial charge in [0.25, 0.3) is 0 Å². The molecule has 132 valence electrons. The van der Waals surface area contributed by atoms with Crippen molar-refractivity contribution in [1.29, 1.82) is 0 Å². The highest BCUT2D eigenvalue weighted by Gasteiger charge is 2.34. The van der Waals surface area contributed by atoms with Crippen molar-refractivity contribution in [2.75, 3.05) is 13.7 Å². The Hall–Kier alpha value is -2.94. The Morgan fingerprint density at radius 2 is 1.62 bits per heavy atom. The van der Waals surface area contributed by atoms with E-state index in [0.29, 0.717) is 6.61 Å². The fourth-order valence-electron chi connectivity index (χ4n) is 3.84. The lowest BCUT2D eigenvalue weighted by molar-refractivity contribution is 0.247. The molecule has 1 heterocycles. The lowest BCUT2D eigenvalue weighted by atomic mass is 9.75. The number of hydrogen-bond acceptors (Lipinski definition) is 3. The standard InChI is InChI=1S/C23H22O3/c1-15-4-3-5-20-22(17-8-12-19(25-2)13-9-17)21(14-26-23(15)20)16-6-10-18(24)11-7-16/h3-13,21-22,24H,14H2,1-2H3. The van der Waals surface area contributed by atoms with Crippen LogP contribution in [0.2, 0.25) is 0 Å². The predicted molar refractivity (Wildman–Crippen MR) is 102 cm³/mol. The van der Waals surface area contributed by atoms with Crippen molar-refractivity contribution in [2.24, 2.45) is 0 Å². The maximum Gasteiger partial charge on any atom is 0.126 e. The van der Waals surface area contributed by atoms with Crippen molar-refractivity contribution in [3.8, 4) is 17.2 Å². The molecule has 0 spiro atoms. The quantitative estimate of drug-likeness (QED) is 0.724. The van der Waals surface area contributed by atoms with Crippen LogP contribution < -0.4 is 9.47 Å². The first-order valence-electron chi connectivity index (χ1n) is 8.82. The van der Waals surface area contributed by atoms with Crippen LogP contribution in [0.4, 0.5) is 0 Å². The number of ether oxygens (including phenoxy) is 2. The van der Waals surface area contributed by atoms with Crippen LogP contribution in [0.25, 0.3) is 0 Å². The molecule has 1 aliphatic heterocycles. The van der Waals surface area contributed by atoms with Gasteiger partial charge in [0.15, 0.2) is 0 Å². The fraction of sp³-hybridized carbons (Fsp3) is 0.217. The third kappa shape index (κ3) is 2.90. The highest BCUT2D eigenvalue weighted by molar-refractivity contribution is 5.51. The van der Waals surface area contributed by atoms with E-state index in [1.165, 1.54) is 11.1 Å². The monoisotopic (exact) mass is 346 g/mol. The summed E-state index contributed by atoms with van der Waals surface area (Å²) in [4.78, 5) is 0. The van der Waals surface area contributed by atoms with Gasteiger partial charge in [-0.15, -0.1) is 0 Å². The zero-order valence-corrected chi connectivity index (χ0v) is 15.0. The second kappa shape index (κ2) is 6.75. The number of para-hydroxylation sites is 1. The van der Waals surface area contributed by atoms with Gasteiger partial charge in [0, 0.05) is 17.4 Å². The Balaban J connectivity index is 1.84. The number of hydrogen-bond donors (Lipinski definition) is 1. The molecule has 2 unspecified atom stereocenters. The second-order valence-corrected chi connectivity index (χ2v) is 6.75. The van der Waals surface area contributed by atoms with Gasteiger partial charge in [0.05, 0.1) is 13.7 Å². The van der Waals surface area contributed by atoms with E-state index in [-0.39, 0.29) is 17.6 Å². The molecular weight excluding hydrogens is 324 g/mol. The minimum Gasteiger partial charge on any atom is -0.508 e. The van der Waals surface area contributed by atoms with Crippen LogP contribution in [-0.2, 0) is 0 Å². The number of benzene rings is 3. The zero-order chi connectivity index (χ0) is 18.1. The number of fused-ring (bicyclic) bond motifs is 1. The van der Waals surface area contributed by atoms with Gasteiger partial charge >= 0.3 is 0 Å². The molecule has 0 radical (unpaired) electrons. The Labute approximate surface area is 153 Å². The van der Waals surface area contributed by atoms with Crippen LogP contribution in [0, 0.1) is 6.92 Å². The normalized spacial score (nSPS) is 18.7. The number of phenolic OH excluding ortho intramolecular Hbond substituents is 1. The van der Waals surface area contributed by atoms with Gasteiger partial charge in [-0.1, -0.05) is 42.5 Å². The zero-order valence-electron chi connectivity index (χ0n) is 15.0. The third-order valence-electron chi connectivity index (χ3n) is 5.18. The lowest BCUT2D eigenvalue weighted by Gasteiger charge is -2.35. The number of aryl methyl sites for hydroxylation is 1. The van der Waals surface area contributed by atoms with E-state index < -0.39 is 0 Å². The molecule has 0 bridgehead atoms. The van der Waals surface area contributed by atoms with Crippen LogP contribution >= 0.6 is 0 Å². The summed E-state index contributed by atoms with van der Waals surface area (Å²) >= 11 is 0. The summed E-state index contributed by atoms with van der Waals surface area (Å²) < 4.78 is 11.5. The predicted octanol–water partition coefficient (Wildman–Crippen LogP) is 5.02. The molecule has 1 aliphatic rings. The number of phenols is 1.